The number of amides is 1. The van der Waals surface area contributed by atoms with E-state index in [1.807, 2.05) is 0 Å². The van der Waals surface area contributed by atoms with Crippen LogP contribution in [-0.2, 0) is 33.2 Å². The molecule has 1 aromatic carbocycles. The van der Waals surface area contributed by atoms with Gasteiger partial charge in [-0.25, -0.2) is 8.42 Å². The van der Waals surface area contributed by atoms with Crippen LogP contribution in [0.2, 0.25) is 0 Å². The van der Waals surface area contributed by atoms with Gasteiger partial charge in [0.1, 0.15) is 16.5 Å². The Hall–Kier alpha value is -0.980. The number of nitrogens with one attached hydrogen (secondary N) is 1. The van der Waals surface area contributed by atoms with Gasteiger partial charge in [0, 0.05) is 22.8 Å². The van der Waals surface area contributed by atoms with Crippen LogP contribution in [0, 0.1) is 0 Å². The summed E-state index contributed by atoms with van der Waals surface area (Å²) < 4.78 is 23.3. The molecule has 0 saturated heterocycles. The Morgan fingerprint density at radius 3 is 2.70 bits per heavy atom. The van der Waals surface area contributed by atoms with E-state index in [9.17, 15) is 18.3 Å². The molecule has 0 fully saturated rings. The molecule has 0 radical (unpaired) electrons. The van der Waals surface area contributed by atoms with E-state index in [0.29, 0.717) is 17.5 Å². The first-order valence-corrected chi connectivity index (χ1v) is 8.83. The first-order valence-electron chi connectivity index (χ1n) is 5.98. The second-order valence-electron chi connectivity index (χ2n) is 4.55. The molecule has 0 bridgehead atoms. The molecule has 0 heterocycles. The molecule has 0 spiro atoms. The number of aromatic hydroxyl groups is 1. The van der Waals surface area contributed by atoms with E-state index in [1.165, 1.54) is 0 Å². The second kappa shape index (κ2) is 5.79. The van der Waals surface area contributed by atoms with Crippen molar-refractivity contribution in [3.63, 3.8) is 0 Å². The fourth-order valence-electron chi connectivity index (χ4n) is 2.39. The summed E-state index contributed by atoms with van der Waals surface area (Å²) in [5.74, 6) is -0.996. The zero-order valence-corrected chi connectivity index (χ0v) is 12.8. The number of hydrogen-bond donors (Lipinski definition) is 2. The SMILES string of the molecule is O=C(CCl)NCc1cc2c(c(S(=O)(=O)Cl)c1O)CCC2. The highest BCUT2D eigenvalue weighted by atomic mass is 35.7. The molecule has 20 heavy (non-hydrogen) atoms. The summed E-state index contributed by atoms with van der Waals surface area (Å²) in [5, 5.41) is 12.6. The Morgan fingerprint density at radius 2 is 2.10 bits per heavy atom. The molecule has 0 saturated carbocycles. The summed E-state index contributed by atoms with van der Waals surface area (Å²) in [5.41, 5.74) is 1.74. The zero-order chi connectivity index (χ0) is 14.9. The third-order valence-corrected chi connectivity index (χ3v) is 4.88. The average molecular weight is 338 g/mol. The van der Waals surface area contributed by atoms with Gasteiger partial charge >= 0.3 is 0 Å². The van der Waals surface area contributed by atoms with Crippen molar-refractivity contribution in [1.29, 1.82) is 0 Å². The van der Waals surface area contributed by atoms with Gasteiger partial charge in [0.2, 0.25) is 5.91 Å². The van der Waals surface area contributed by atoms with Crippen LogP contribution in [0.5, 0.6) is 5.75 Å². The molecular weight excluding hydrogens is 325 g/mol. The molecule has 0 aromatic heterocycles. The lowest BCUT2D eigenvalue weighted by Crippen LogP contribution is -2.24. The Bertz CT molecular complexity index is 658. The molecule has 2 N–H and O–H groups in total. The lowest BCUT2D eigenvalue weighted by atomic mass is 10.0. The first kappa shape index (κ1) is 15.4. The number of phenolic OH excluding ortho intramolecular Hbond substituents is 1. The number of carbonyl (C=O) groups is 1. The smallest absolute Gasteiger partial charge is 0.265 e. The number of aryl methyl sites for hydroxylation is 1. The van der Waals surface area contributed by atoms with Gasteiger partial charge in [0.15, 0.2) is 0 Å². The van der Waals surface area contributed by atoms with Crippen LogP contribution in [0.1, 0.15) is 23.1 Å². The molecule has 1 aliphatic rings. The summed E-state index contributed by atoms with van der Waals surface area (Å²) in [4.78, 5) is 10.9. The zero-order valence-electron chi connectivity index (χ0n) is 10.4. The van der Waals surface area contributed by atoms with Gasteiger partial charge in [-0.1, -0.05) is 0 Å². The molecule has 5 nitrogen and oxygen atoms in total. The van der Waals surface area contributed by atoms with Crippen molar-refractivity contribution in [3.05, 3.63) is 22.8 Å². The van der Waals surface area contributed by atoms with Crippen LogP contribution >= 0.6 is 22.3 Å². The van der Waals surface area contributed by atoms with Crippen LogP contribution in [0.3, 0.4) is 0 Å². The first-order chi connectivity index (χ1) is 9.34. The number of benzene rings is 1. The van der Waals surface area contributed by atoms with Crippen molar-refractivity contribution in [2.75, 3.05) is 5.88 Å². The van der Waals surface area contributed by atoms with Gasteiger partial charge in [-0.15, -0.1) is 11.6 Å². The van der Waals surface area contributed by atoms with E-state index in [-0.39, 0.29) is 17.3 Å². The number of halogens is 2. The maximum Gasteiger partial charge on any atom is 0.265 e. The lowest BCUT2D eigenvalue weighted by molar-refractivity contribution is -0.118. The number of carbonyl (C=O) groups excluding carboxylic acids is 1. The number of fused-ring (bicyclic) bond motifs is 1. The molecule has 0 unspecified atom stereocenters. The van der Waals surface area contributed by atoms with Gasteiger partial charge in [-0.2, -0.15) is 0 Å². The lowest BCUT2D eigenvalue weighted by Gasteiger charge is -2.13. The van der Waals surface area contributed by atoms with Crippen molar-refractivity contribution in [2.24, 2.45) is 0 Å². The molecule has 8 heteroatoms. The van der Waals surface area contributed by atoms with E-state index in [0.717, 1.165) is 18.4 Å². The fourth-order valence-corrected chi connectivity index (χ4v) is 3.87. The molecular formula is C12H13Cl2NO4S. The van der Waals surface area contributed by atoms with Crippen molar-refractivity contribution in [3.8, 4) is 5.75 Å². The highest BCUT2D eigenvalue weighted by Crippen LogP contribution is 2.39. The van der Waals surface area contributed by atoms with E-state index in [4.69, 9.17) is 22.3 Å². The van der Waals surface area contributed by atoms with Crippen LogP contribution < -0.4 is 5.32 Å². The van der Waals surface area contributed by atoms with E-state index >= 15 is 0 Å². The highest BCUT2D eigenvalue weighted by Gasteiger charge is 2.28. The largest absolute Gasteiger partial charge is 0.506 e. The molecule has 1 amide bonds. The van der Waals surface area contributed by atoms with Crippen LogP contribution in [0.15, 0.2) is 11.0 Å². The molecule has 1 aliphatic carbocycles. The highest BCUT2D eigenvalue weighted by molar-refractivity contribution is 8.13. The predicted molar refractivity (Wildman–Crippen MR) is 75.7 cm³/mol. The molecule has 1 aromatic rings. The Morgan fingerprint density at radius 1 is 1.40 bits per heavy atom. The molecule has 110 valence electrons. The third kappa shape index (κ3) is 3.02. The van der Waals surface area contributed by atoms with E-state index in [1.54, 1.807) is 6.07 Å². The Kier molecular flexibility index (Phi) is 4.46. The van der Waals surface area contributed by atoms with Crippen molar-refractivity contribution in [2.45, 2.75) is 30.7 Å². The average Bonchev–Trinajstić information content (AvgIpc) is 2.81. The number of hydrogen-bond acceptors (Lipinski definition) is 4. The fraction of sp³-hybridized carbons (Fsp3) is 0.417. The number of phenols is 1. The summed E-state index contributed by atoms with van der Waals surface area (Å²) >= 11 is 5.36. The topological polar surface area (TPSA) is 83.5 Å². The van der Waals surface area contributed by atoms with Crippen molar-refractivity contribution in [1.82, 2.24) is 5.32 Å². The summed E-state index contributed by atoms with van der Waals surface area (Å²) in [6.45, 7) is 0.00404. The van der Waals surface area contributed by atoms with Crippen molar-refractivity contribution < 1.29 is 18.3 Å². The normalized spacial score (nSPS) is 14.1. The monoisotopic (exact) mass is 337 g/mol. The predicted octanol–water partition coefficient (Wildman–Crippen LogP) is 1.66. The Balaban J connectivity index is 2.47. The van der Waals surface area contributed by atoms with Crippen LogP contribution in [0.25, 0.3) is 0 Å². The molecule has 2 rings (SSSR count). The summed E-state index contributed by atoms with van der Waals surface area (Å²) in [7, 11) is 1.37. The minimum Gasteiger partial charge on any atom is -0.506 e. The number of alkyl halides is 1. The van der Waals surface area contributed by atoms with Gasteiger partial charge < -0.3 is 10.4 Å². The van der Waals surface area contributed by atoms with Crippen LogP contribution in [0.4, 0.5) is 0 Å². The standard InChI is InChI=1S/C12H13Cl2NO4S/c13-5-10(16)15-6-8-4-7-2-1-3-9(7)12(11(8)17)20(14,18)19/h4,17H,1-3,5-6H2,(H,15,16). The Labute approximate surface area is 126 Å². The molecule has 0 atom stereocenters. The maximum atomic E-state index is 11.7. The van der Waals surface area contributed by atoms with Gasteiger partial charge in [0.05, 0.1) is 0 Å². The third-order valence-electron chi connectivity index (χ3n) is 3.24. The van der Waals surface area contributed by atoms with Gasteiger partial charge in [0.25, 0.3) is 9.05 Å². The minimum absolute atomic E-state index is 0.00404. The minimum atomic E-state index is -4.04. The summed E-state index contributed by atoms with van der Waals surface area (Å²) in [6, 6.07) is 1.71. The second-order valence-corrected chi connectivity index (χ2v) is 7.32. The number of rotatable bonds is 4. The molecule has 0 aliphatic heterocycles. The van der Waals surface area contributed by atoms with Crippen molar-refractivity contribution >= 4 is 37.2 Å². The summed E-state index contributed by atoms with van der Waals surface area (Å²) in [6.07, 6.45) is 2.11. The van der Waals surface area contributed by atoms with E-state index < -0.39 is 20.7 Å². The van der Waals surface area contributed by atoms with Gasteiger partial charge in [-0.05, 0) is 36.5 Å². The van der Waals surface area contributed by atoms with E-state index in [2.05, 4.69) is 5.32 Å². The van der Waals surface area contributed by atoms with Gasteiger partial charge in [-0.3, -0.25) is 4.79 Å². The maximum absolute atomic E-state index is 11.7. The van der Waals surface area contributed by atoms with Crippen LogP contribution in [-0.4, -0.2) is 25.3 Å². The quantitative estimate of drug-likeness (QED) is 0.646.